The second kappa shape index (κ2) is 5.05. The number of benzene rings is 2. The molecule has 0 fully saturated rings. The lowest BCUT2D eigenvalue weighted by Crippen LogP contribution is -1.93. The number of halogens is 1. The molecule has 0 bridgehead atoms. The standard InChI is InChI=1S/C12H9BrN2O3/c13-8-1-6-11(15(16)17)12(7-8)18-10-4-2-9(14)3-5-10/h1-7H,14H2. The molecule has 6 heteroatoms. The highest BCUT2D eigenvalue weighted by Gasteiger charge is 2.15. The number of hydrogen-bond acceptors (Lipinski definition) is 4. The molecular weight excluding hydrogens is 300 g/mol. The van der Waals surface area contributed by atoms with Crippen molar-refractivity contribution in [2.24, 2.45) is 0 Å². The van der Waals surface area contributed by atoms with Gasteiger partial charge in [-0.1, -0.05) is 15.9 Å². The first-order chi connectivity index (χ1) is 8.56. The van der Waals surface area contributed by atoms with E-state index in [0.717, 1.165) is 0 Å². The molecule has 0 aromatic heterocycles. The number of anilines is 1. The van der Waals surface area contributed by atoms with E-state index in [9.17, 15) is 10.1 Å². The van der Waals surface area contributed by atoms with Gasteiger partial charge in [0.05, 0.1) is 4.92 Å². The van der Waals surface area contributed by atoms with Crippen molar-refractivity contribution in [3.8, 4) is 11.5 Å². The summed E-state index contributed by atoms with van der Waals surface area (Å²) < 4.78 is 6.19. The van der Waals surface area contributed by atoms with Gasteiger partial charge < -0.3 is 10.5 Å². The van der Waals surface area contributed by atoms with Crippen LogP contribution in [0.4, 0.5) is 11.4 Å². The van der Waals surface area contributed by atoms with Crippen molar-refractivity contribution in [1.29, 1.82) is 0 Å². The third-order valence-electron chi connectivity index (χ3n) is 2.23. The van der Waals surface area contributed by atoms with Gasteiger partial charge in [0, 0.05) is 22.3 Å². The Labute approximate surface area is 111 Å². The van der Waals surface area contributed by atoms with E-state index in [0.29, 0.717) is 15.9 Å². The summed E-state index contributed by atoms with van der Waals surface area (Å²) in [4.78, 5) is 10.4. The highest BCUT2D eigenvalue weighted by molar-refractivity contribution is 9.10. The molecule has 0 heterocycles. The number of hydrogen-bond donors (Lipinski definition) is 1. The van der Waals surface area contributed by atoms with Crippen LogP contribution in [0, 0.1) is 10.1 Å². The molecule has 2 rings (SSSR count). The third-order valence-corrected chi connectivity index (χ3v) is 2.72. The Morgan fingerprint density at radius 2 is 1.83 bits per heavy atom. The number of nitrogens with two attached hydrogens (primary N) is 1. The molecule has 0 atom stereocenters. The minimum absolute atomic E-state index is 0.0879. The summed E-state index contributed by atoms with van der Waals surface area (Å²) in [5.74, 6) is 0.671. The first-order valence-corrected chi connectivity index (χ1v) is 5.83. The van der Waals surface area contributed by atoms with Gasteiger partial charge in [-0.05, 0) is 30.3 Å². The highest BCUT2D eigenvalue weighted by Crippen LogP contribution is 2.33. The zero-order valence-corrected chi connectivity index (χ0v) is 10.8. The van der Waals surface area contributed by atoms with E-state index in [-0.39, 0.29) is 11.4 Å². The van der Waals surface area contributed by atoms with Crippen molar-refractivity contribution < 1.29 is 9.66 Å². The lowest BCUT2D eigenvalue weighted by Gasteiger charge is -2.06. The average molecular weight is 309 g/mol. The molecule has 0 aliphatic rings. The van der Waals surface area contributed by atoms with Gasteiger partial charge in [0.25, 0.3) is 0 Å². The molecule has 2 aromatic rings. The summed E-state index contributed by atoms with van der Waals surface area (Å²) in [5.41, 5.74) is 6.07. The topological polar surface area (TPSA) is 78.4 Å². The predicted octanol–water partition coefficient (Wildman–Crippen LogP) is 3.73. The Morgan fingerprint density at radius 1 is 1.17 bits per heavy atom. The molecular formula is C12H9BrN2O3. The second-order valence-corrected chi connectivity index (χ2v) is 4.46. The van der Waals surface area contributed by atoms with Gasteiger partial charge >= 0.3 is 5.69 Å². The van der Waals surface area contributed by atoms with E-state index < -0.39 is 4.92 Å². The third kappa shape index (κ3) is 2.78. The summed E-state index contributed by atoms with van der Waals surface area (Å²) in [6.45, 7) is 0. The first kappa shape index (κ1) is 12.4. The lowest BCUT2D eigenvalue weighted by molar-refractivity contribution is -0.385. The number of nitrogen functional groups attached to an aromatic ring is 1. The van der Waals surface area contributed by atoms with Crippen LogP contribution in [0.3, 0.4) is 0 Å². The number of rotatable bonds is 3. The van der Waals surface area contributed by atoms with Crippen molar-refractivity contribution in [3.63, 3.8) is 0 Å². The van der Waals surface area contributed by atoms with Crippen LogP contribution in [0.15, 0.2) is 46.9 Å². The van der Waals surface area contributed by atoms with E-state index >= 15 is 0 Å². The number of nitro groups is 1. The fraction of sp³-hybridized carbons (Fsp3) is 0. The van der Waals surface area contributed by atoms with E-state index in [2.05, 4.69) is 15.9 Å². The Bertz CT molecular complexity index is 584. The monoisotopic (exact) mass is 308 g/mol. The summed E-state index contributed by atoms with van der Waals surface area (Å²) >= 11 is 3.25. The van der Waals surface area contributed by atoms with Gasteiger partial charge in [-0.15, -0.1) is 0 Å². The summed E-state index contributed by atoms with van der Waals surface area (Å²) in [5, 5.41) is 10.9. The van der Waals surface area contributed by atoms with Crippen LogP contribution in [0.25, 0.3) is 0 Å². The fourth-order valence-corrected chi connectivity index (χ4v) is 1.72. The zero-order valence-electron chi connectivity index (χ0n) is 9.17. The van der Waals surface area contributed by atoms with Crippen LogP contribution in [0.2, 0.25) is 0 Å². The van der Waals surface area contributed by atoms with Crippen molar-refractivity contribution in [3.05, 3.63) is 57.1 Å². The fourth-order valence-electron chi connectivity index (χ4n) is 1.38. The molecule has 0 aliphatic heterocycles. The number of nitrogens with zero attached hydrogens (tertiary/aromatic N) is 1. The normalized spacial score (nSPS) is 10.1. The van der Waals surface area contributed by atoms with Crippen LogP contribution in [0.1, 0.15) is 0 Å². The van der Waals surface area contributed by atoms with E-state index in [4.69, 9.17) is 10.5 Å². The molecule has 5 nitrogen and oxygen atoms in total. The van der Waals surface area contributed by atoms with Gasteiger partial charge in [0.1, 0.15) is 5.75 Å². The quantitative estimate of drug-likeness (QED) is 0.532. The van der Waals surface area contributed by atoms with Gasteiger partial charge in [-0.2, -0.15) is 0 Å². The van der Waals surface area contributed by atoms with Crippen LogP contribution in [-0.2, 0) is 0 Å². The van der Waals surface area contributed by atoms with Gasteiger partial charge in [-0.25, -0.2) is 0 Å². The molecule has 2 N–H and O–H groups in total. The van der Waals surface area contributed by atoms with Crippen molar-refractivity contribution in [2.45, 2.75) is 0 Å². The largest absolute Gasteiger partial charge is 0.450 e. The SMILES string of the molecule is Nc1ccc(Oc2cc(Br)ccc2[N+](=O)[O-])cc1. The lowest BCUT2D eigenvalue weighted by atomic mass is 10.3. The Morgan fingerprint density at radius 3 is 2.44 bits per heavy atom. The maximum Gasteiger partial charge on any atom is 0.311 e. The minimum atomic E-state index is -0.487. The van der Waals surface area contributed by atoms with Crippen LogP contribution in [0.5, 0.6) is 11.5 Å². The van der Waals surface area contributed by atoms with E-state index in [1.807, 2.05) is 0 Å². The van der Waals surface area contributed by atoms with Gasteiger partial charge in [0.2, 0.25) is 5.75 Å². The first-order valence-electron chi connectivity index (χ1n) is 5.03. The molecule has 92 valence electrons. The minimum Gasteiger partial charge on any atom is -0.450 e. The van der Waals surface area contributed by atoms with Crippen LogP contribution >= 0.6 is 15.9 Å². The van der Waals surface area contributed by atoms with Crippen molar-refractivity contribution >= 4 is 27.3 Å². The number of ether oxygens (including phenoxy) is 1. The van der Waals surface area contributed by atoms with Crippen molar-refractivity contribution in [2.75, 3.05) is 5.73 Å². The molecule has 0 amide bonds. The second-order valence-electron chi connectivity index (χ2n) is 3.54. The average Bonchev–Trinajstić information content (AvgIpc) is 2.32. The van der Waals surface area contributed by atoms with Gasteiger partial charge in [-0.3, -0.25) is 10.1 Å². The smallest absolute Gasteiger partial charge is 0.311 e. The molecule has 0 saturated carbocycles. The van der Waals surface area contributed by atoms with Gasteiger partial charge in [0.15, 0.2) is 0 Å². The maximum atomic E-state index is 10.9. The molecule has 18 heavy (non-hydrogen) atoms. The Balaban J connectivity index is 2.35. The van der Waals surface area contributed by atoms with Crippen molar-refractivity contribution in [1.82, 2.24) is 0 Å². The molecule has 0 spiro atoms. The molecule has 0 aliphatic carbocycles. The number of nitro benzene ring substituents is 1. The summed E-state index contributed by atoms with van der Waals surface area (Å²) in [7, 11) is 0. The maximum absolute atomic E-state index is 10.9. The summed E-state index contributed by atoms with van der Waals surface area (Å²) in [6, 6.07) is 11.2. The molecule has 0 unspecified atom stereocenters. The zero-order chi connectivity index (χ0) is 13.1. The molecule has 0 radical (unpaired) electrons. The van der Waals surface area contributed by atoms with Crippen LogP contribution < -0.4 is 10.5 Å². The predicted molar refractivity (Wildman–Crippen MR) is 71.7 cm³/mol. The van der Waals surface area contributed by atoms with E-state index in [1.165, 1.54) is 6.07 Å². The highest BCUT2D eigenvalue weighted by atomic mass is 79.9. The molecule has 0 saturated heterocycles. The Kier molecular flexibility index (Phi) is 3.47. The van der Waals surface area contributed by atoms with E-state index in [1.54, 1.807) is 36.4 Å². The molecule has 2 aromatic carbocycles. The van der Waals surface area contributed by atoms with Crippen LogP contribution in [-0.4, -0.2) is 4.92 Å². The summed E-state index contributed by atoms with van der Waals surface area (Å²) in [6.07, 6.45) is 0. The Hall–Kier alpha value is -2.08.